The average Bonchev–Trinajstić information content (AvgIpc) is 2.96. The standard InChI is InChI=1S/C20H25FN2/c1-2-3-15-10-14-4-7-20(15)23(13-14)9-8-16-12-22-19-11-17(21)5-6-18(16)19/h4-7,11-12,14-15,20,22H,2-3,8-10,13H2,1H3. The van der Waals surface area contributed by atoms with Gasteiger partial charge in [0.2, 0.25) is 0 Å². The van der Waals surface area contributed by atoms with Crippen molar-refractivity contribution in [2.24, 2.45) is 11.8 Å². The van der Waals surface area contributed by atoms with E-state index in [4.69, 9.17) is 0 Å². The van der Waals surface area contributed by atoms with Crippen molar-refractivity contribution in [2.75, 3.05) is 13.1 Å². The van der Waals surface area contributed by atoms with Gasteiger partial charge < -0.3 is 4.98 Å². The molecule has 5 rings (SSSR count). The molecule has 1 aliphatic carbocycles. The second-order valence-electron chi connectivity index (χ2n) is 7.17. The smallest absolute Gasteiger partial charge is 0.125 e. The van der Waals surface area contributed by atoms with Gasteiger partial charge in [-0.1, -0.05) is 25.5 Å². The van der Waals surface area contributed by atoms with Gasteiger partial charge >= 0.3 is 0 Å². The molecule has 0 amide bonds. The van der Waals surface area contributed by atoms with Crippen molar-refractivity contribution in [1.82, 2.24) is 9.88 Å². The molecule has 3 heterocycles. The number of aromatic nitrogens is 1. The SMILES string of the molecule is CCCC1CC2C=CC1N(CCc1c[nH]c3cc(F)ccc13)C2. The highest BCUT2D eigenvalue weighted by Gasteiger charge is 2.36. The molecule has 0 saturated carbocycles. The predicted molar refractivity (Wildman–Crippen MR) is 93.0 cm³/mol. The van der Waals surface area contributed by atoms with E-state index in [0.717, 1.165) is 35.7 Å². The Balaban J connectivity index is 1.47. The molecule has 0 radical (unpaired) electrons. The van der Waals surface area contributed by atoms with E-state index < -0.39 is 0 Å². The Morgan fingerprint density at radius 2 is 2.22 bits per heavy atom. The molecule has 1 saturated heterocycles. The van der Waals surface area contributed by atoms with Gasteiger partial charge in [-0.25, -0.2) is 4.39 Å². The summed E-state index contributed by atoms with van der Waals surface area (Å²) in [5, 5.41) is 1.16. The number of halogens is 1. The van der Waals surface area contributed by atoms with Crippen molar-refractivity contribution in [3.63, 3.8) is 0 Å². The zero-order valence-electron chi connectivity index (χ0n) is 13.8. The fraction of sp³-hybridized carbons (Fsp3) is 0.500. The third-order valence-corrected chi connectivity index (χ3v) is 5.62. The van der Waals surface area contributed by atoms with Gasteiger partial charge in [0, 0.05) is 36.2 Å². The van der Waals surface area contributed by atoms with E-state index >= 15 is 0 Å². The lowest BCUT2D eigenvalue weighted by Gasteiger charge is -2.46. The maximum absolute atomic E-state index is 13.3. The lowest BCUT2D eigenvalue weighted by Crippen LogP contribution is -2.50. The van der Waals surface area contributed by atoms with Crippen molar-refractivity contribution in [3.05, 3.63) is 47.9 Å². The molecule has 3 heteroatoms. The van der Waals surface area contributed by atoms with Crippen molar-refractivity contribution < 1.29 is 4.39 Å². The summed E-state index contributed by atoms with van der Waals surface area (Å²) in [4.78, 5) is 5.87. The molecule has 2 bridgehead atoms. The second kappa shape index (κ2) is 6.12. The van der Waals surface area contributed by atoms with E-state index in [1.165, 1.54) is 31.4 Å². The Hall–Kier alpha value is -1.61. The number of hydrogen-bond donors (Lipinski definition) is 1. The van der Waals surface area contributed by atoms with Gasteiger partial charge in [0.05, 0.1) is 0 Å². The molecule has 1 N–H and O–H groups in total. The van der Waals surface area contributed by atoms with E-state index in [0.29, 0.717) is 6.04 Å². The van der Waals surface area contributed by atoms with Crippen LogP contribution in [0.5, 0.6) is 0 Å². The van der Waals surface area contributed by atoms with Crippen molar-refractivity contribution >= 4 is 10.9 Å². The van der Waals surface area contributed by atoms with E-state index in [-0.39, 0.29) is 5.82 Å². The van der Waals surface area contributed by atoms with Gasteiger partial charge in [0.25, 0.3) is 0 Å². The van der Waals surface area contributed by atoms with Gasteiger partial charge in [-0.05, 0) is 54.9 Å². The maximum atomic E-state index is 13.3. The molecule has 23 heavy (non-hydrogen) atoms. The van der Waals surface area contributed by atoms with Crippen LogP contribution in [0.2, 0.25) is 0 Å². The van der Waals surface area contributed by atoms with Crippen LogP contribution in [0.4, 0.5) is 4.39 Å². The lowest BCUT2D eigenvalue weighted by atomic mass is 9.75. The molecule has 3 atom stereocenters. The topological polar surface area (TPSA) is 19.0 Å². The highest BCUT2D eigenvalue weighted by molar-refractivity contribution is 5.83. The quantitative estimate of drug-likeness (QED) is 0.804. The summed E-state index contributed by atoms with van der Waals surface area (Å²) < 4.78 is 13.3. The molecule has 2 aromatic rings. The zero-order chi connectivity index (χ0) is 15.8. The van der Waals surface area contributed by atoms with Crippen molar-refractivity contribution in [2.45, 2.75) is 38.6 Å². The number of fused-ring (bicyclic) bond motifs is 3. The number of piperidine rings is 1. The summed E-state index contributed by atoms with van der Waals surface area (Å²) in [6.07, 6.45) is 12.0. The number of benzene rings is 1. The van der Waals surface area contributed by atoms with Gasteiger partial charge in [-0.3, -0.25) is 4.90 Å². The largest absolute Gasteiger partial charge is 0.361 e. The van der Waals surface area contributed by atoms with Crippen LogP contribution in [0, 0.1) is 17.7 Å². The predicted octanol–water partition coefficient (Wildman–Crippen LogP) is 4.53. The molecular formula is C20H25FN2. The number of nitrogens with one attached hydrogen (secondary N) is 1. The summed E-state index contributed by atoms with van der Waals surface area (Å²) in [7, 11) is 0. The first-order chi connectivity index (χ1) is 11.2. The molecule has 1 aromatic heterocycles. The normalized spacial score (nSPS) is 27.1. The number of H-pyrrole nitrogens is 1. The van der Waals surface area contributed by atoms with Gasteiger partial charge in [0.1, 0.15) is 5.82 Å². The monoisotopic (exact) mass is 312 g/mol. The fourth-order valence-corrected chi connectivity index (χ4v) is 4.54. The number of aromatic amines is 1. The summed E-state index contributed by atoms with van der Waals surface area (Å²) in [5.41, 5.74) is 2.21. The van der Waals surface area contributed by atoms with Gasteiger partial charge in [0.15, 0.2) is 0 Å². The Bertz CT molecular complexity index is 718. The average molecular weight is 312 g/mol. The third kappa shape index (κ3) is 2.83. The minimum Gasteiger partial charge on any atom is -0.361 e. The second-order valence-corrected chi connectivity index (χ2v) is 7.17. The zero-order valence-corrected chi connectivity index (χ0v) is 13.8. The summed E-state index contributed by atoms with van der Waals surface area (Å²) in [6.45, 7) is 4.59. The Labute approximate surface area is 137 Å². The molecule has 1 fully saturated rings. The van der Waals surface area contributed by atoms with E-state index in [9.17, 15) is 4.39 Å². The highest BCUT2D eigenvalue weighted by Crippen LogP contribution is 2.36. The summed E-state index contributed by atoms with van der Waals surface area (Å²) in [6, 6.07) is 5.67. The summed E-state index contributed by atoms with van der Waals surface area (Å²) in [5.74, 6) is 1.40. The van der Waals surface area contributed by atoms with Crippen LogP contribution in [-0.4, -0.2) is 29.0 Å². The van der Waals surface area contributed by atoms with Crippen LogP contribution < -0.4 is 0 Å². The van der Waals surface area contributed by atoms with Crippen LogP contribution >= 0.6 is 0 Å². The van der Waals surface area contributed by atoms with Crippen LogP contribution in [0.1, 0.15) is 31.7 Å². The Morgan fingerprint density at radius 3 is 3.04 bits per heavy atom. The first kappa shape index (κ1) is 14.9. The van der Waals surface area contributed by atoms with Crippen LogP contribution in [0.15, 0.2) is 36.5 Å². The molecule has 2 aliphatic heterocycles. The molecule has 1 aromatic carbocycles. The minimum atomic E-state index is -0.174. The summed E-state index contributed by atoms with van der Waals surface area (Å²) >= 11 is 0. The minimum absolute atomic E-state index is 0.174. The van der Waals surface area contributed by atoms with Crippen LogP contribution in [0.25, 0.3) is 10.9 Å². The molecule has 3 unspecified atom stereocenters. The van der Waals surface area contributed by atoms with Crippen LogP contribution in [0.3, 0.4) is 0 Å². The lowest BCUT2D eigenvalue weighted by molar-refractivity contribution is 0.0798. The van der Waals surface area contributed by atoms with Crippen LogP contribution in [-0.2, 0) is 6.42 Å². The number of rotatable bonds is 5. The van der Waals surface area contributed by atoms with Gasteiger partial charge in [-0.15, -0.1) is 0 Å². The van der Waals surface area contributed by atoms with E-state index in [2.05, 4.69) is 29.0 Å². The molecule has 0 spiro atoms. The molecule has 3 aliphatic rings. The van der Waals surface area contributed by atoms with E-state index in [1.807, 2.05) is 12.3 Å². The fourth-order valence-electron chi connectivity index (χ4n) is 4.54. The van der Waals surface area contributed by atoms with E-state index in [1.54, 1.807) is 12.1 Å². The Kier molecular flexibility index (Phi) is 3.98. The van der Waals surface area contributed by atoms with Crippen molar-refractivity contribution in [1.29, 1.82) is 0 Å². The number of hydrogen-bond acceptors (Lipinski definition) is 1. The third-order valence-electron chi connectivity index (χ3n) is 5.62. The Morgan fingerprint density at radius 1 is 1.30 bits per heavy atom. The highest BCUT2D eigenvalue weighted by atomic mass is 19.1. The number of nitrogens with zero attached hydrogens (tertiary/aromatic N) is 1. The maximum Gasteiger partial charge on any atom is 0.125 e. The first-order valence-corrected chi connectivity index (χ1v) is 8.92. The first-order valence-electron chi connectivity index (χ1n) is 8.92. The molecule has 122 valence electrons. The van der Waals surface area contributed by atoms with Crippen molar-refractivity contribution in [3.8, 4) is 0 Å². The van der Waals surface area contributed by atoms with Gasteiger partial charge in [-0.2, -0.15) is 0 Å². The molecular weight excluding hydrogens is 287 g/mol. The molecule has 2 nitrogen and oxygen atoms in total.